The van der Waals surface area contributed by atoms with Crippen molar-refractivity contribution in [2.45, 2.75) is 18.2 Å². The van der Waals surface area contributed by atoms with Crippen molar-refractivity contribution in [2.24, 2.45) is 0 Å². The van der Waals surface area contributed by atoms with E-state index in [2.05, 4.69) is 5.32 Å². The van der Waals surface area contributed by atoms with E-state index in [4.69, 9.17) is 0 Å². The zero-order chi connectivity index (χ0) is 12.7. The summed E-state index contributed by atoms with van der Waals surface area (Å²) in [6.45, 7) is 2.71. The first kappa shape index (κ1) is 13.6. The lowest BCUT2D eigenvalue weighted by atomic mass is 10.1. The Labute approximate surface area is 106 Å². The van der Waals surface area contributed by atoms with E-state index in [9.17, 15) is 9.90 Å². The Morgan fingerprint density at radius 2 is 2.29 bits per heavy atom. The number of hydrogen-bond acceptors (Lipinski definition) is 3. The predicted molar refractivity (Wildman–Crippen MR) is 73.1 cm³/mol. The summed E-state index contributed by atoms with van der Waals surface area (Å²) in [5, 5.41) is 12.4. The van der Waals surface area contributed by atoms with Gasteiger partial charge in [-0.25, -0.2) is 4.79 Å². The van der Waals surface area contributed by atoms with Gasteiger partial charge in [0, 0.05) is 17.1 Å². The van der Waals surface area contributed by atoms with Gasteiger partial charge < -0.3 is 10.4 Å². The number of carbonyl (C=O) groups is 1. The molecule has 0 bridgehead atoms. The molecule has 2 N–H and O–H groups in total. The quantitative estimate of drug-likeness (QED) is 0.461. The number of nitrogens with one attached hydrogen (secondary N) is 1. The summed E-state index contributed by atoms with van der Waals surface area (Å²) < 4.78 is 0. The fraction of sp³-hybridized carbons (Fsp3) is 0.308. The summed E-state index contributed by atoms with van der Waals surface area (Å²) in [5.41, 5.74) is 1.05. The van der Waals surface area contributed by atoms with Crippen molar-refractivity contribution in [3.63, 3.8) is 0 Å². The van der Waals surface area contributed by atoms with Gasteiger partial charge in [-0.3, -0.25) is 0 Å². The number of allylic oxidation sites excluding steroid dienone is 1. The minimum Gasteiger partial charge on any atom is -0.478 e. The number of anilines is 1. The zero-order valence-electron chi connectivity index (χ0n) is 10.1. The van der Waals surface area contributed by atoms with Gasteiger partial charge in [0.05, 0.1) is 5.56 Å². The molecular weight excluding hydrogens is 234 g/mol. The first-order valence-electron chi connectivity index (χ1n) is 5.46. The van der Waals surface area contributed by atoms with Crippen LogP contribution in [0.5, 0.6) is 0 Å². The van der Waals surface area contributed by atoms with Gasteiger partial charge in [-0.1, -0.05) is 18.2 Å². The van der Waals surface area contributed by atoms with Crippen LogP contribution < -0.4 is 5.32 Å². The number of carboxylic acid groups (broad SMARTS) is 1. The maximum Gasteiger partial charge on any atom is 0.338 e. The molecule has 0 aromatic heterocycles. The molecule has 0 saturated carbocycles. The highest BCUT2D eigenvalue weighted by Crippen LogP contribution is 2.27. The molecule has 0 unspecified atom stereocenters. The van der Waals surface area contributed by atoms with E-state index in [1.807, 2.05) is 37.5 Å². The van der Waals surface area contributed by atoms with Crippen LogP contribution in [0.25, 0.3) is 0 Å². The van der Waals surface area contributed by atoms with Gasteiger partial charge in [0.2, 0.25) is 0 Å². The average Bonchev–Trinajstić information content (AvgIpc) is 2.33. The van der Waals surface area contributed by atoms with E-state index >= 15 is 0 Å². The van der Waals surface area contributed by atoms with E-state index in [-0.39, 0.29) is 0 Å². The Bertz CT molecular complexity index is 416. The van der Waals surface area contributed by atoms with E-state index in [1.165, 1.54) is 11.8 Å². The fourth-order valence-electron chi connectivity index (χ4n) is 1.53. The van der Waals surface area contributed by atoms with Crippen molar-refractivity contribution in [1.82, 2.24) is 0 Å². The third kappa shape index (κ3) is 3.82. The molecule has 0 saturated heterocycles. The van der Waals surface area contributed by atoms with Crippen LogP contribution in [0.3, 0.4) is 0 Å². The van der Waals surface area contributed by atoms with Crippen LogP contribution in [0.15, 0.2) is 35.2 Å². The topological polar surface area (TPSA) is 49.3 Å². The molecule has 0 aliphatic heterocycles. The summed E-state index contributed by atoms with van der Waals surface area (Å²) in [6, 6.07) is 5.50. The highest BCUT2D eigenvalue weighted by atomic mass is 32.2. The summed E-state index contributed by atoms with van der Waals surface area (Å²) in [5.74, 6) is -0.886. The van der Waals surface area contributed by atoms with Gasteiger partial charge in [0.25, 0.3) is 0 Å². The molecule has 17 heavy (non-hydrogen) atoms. The van der Waals surface area contributed by atoms with E-state index in [1.54, 1.807) is 6.07 Å². The molecule has 4 heteroatoms. The van der Waals surface area contributed by atoms with Gasteiger partial charge >= 0.3 is 5.97 Å². The van der Waals surface area contributed by atoms with Crippen molar-refractivity contribution in [1.29, 1.82) is 0 Å². The maximum atomic E-state index is 11.2. The van der Waals surface area contributed by atoms with E-state index < -0.39 is 5.97 Å². The molecule has 0 heterocycles. The molecule has 0 aliphatic carbocycles. The van der Waals surface area contributed by atoms with Crippen LogP contribution in [-0.4, -0.2) is 23.9 Å². The SMILES string of the molecule is C/C=C/CCNc1cccc(SC)c1C(=O)O. The van der Waals surface area contributed by atoms with E-state index in [0.717, 1.165) is 17.9 Å². The maximum absolute atomic E-state index is 11.2. The van der Waals surface area contributed by atoms with Crippen LogP contribution in [0.4, 0.5) is 5.69 Å². The largest absolute Gasteiger partial charge is 0.478 e. The Morgan fingerprint density at radius 1 is 1.53 bits per heavy atom. The number of aromatic carboxylic acids is 1. The van der Waals surface area contributed by atoms with Crippen molar-refractivity contribution in [3.05, 3.63) is 35.9 Å². The lowest BCUT2D eigenvalue weighted by Crippen LogP contribution is -2.08. The van der Waals surface area contributed by atoms with Crippen LogP contribution in [0.2, 0.25) is 0 Å². The van der Waals surface area contributed by atoms with E-state index in [0.29, 0.717) is 11.3 Å². The second-order valence-electron chi connectivity index (χ2n) is 3.47. The van der Waals surface area contributed by atoms with Gasteiger partial charge in [-0.15, -0.1) is 11.8 Å². The number of rotatable bonds is 6. The minimum absolute atomic E-state index is 0.362. The van der Waals surface area contributed by atoms with Crippen molar-refractivity contribution >= 4 is 23.4 Å². The predicted octanol–water partition coefficient (Wildman–Crippen LogP) is 3.48. The molecule has 0 atom stereocenters. The number of hydrogen-bond donors (Lipinski definition) is 2. The summed E-state index contributed by atoms with van der Waals surface area (Å²) in [6.07, 6.45) is 6.80. The fourth-order valence-corrected chi connectivity index (χ4v) is 2.14. The van der Waals surface area contributed by atoms with Gasteiger partial charge in [-0.05, 0) is 31.7 Å². The Hall–Kier alpha value is -1.42. The Morgan fingerprint density at radius 3 is 2.88 bits per heavy atom. The minimum atomic E-state index is -0.886. The highest BCUT2D eigenvalue weighted by molar-refractivity contribution is 7.98. The Balaban J connectivity index is 2.86. The summed E-state index contributed by atoms with van der Waals surface area (Å²) >= 11 is 1.45. The van der Waals surface area contributed by atoms with Crippen molar-refractivity contribution in [3.8, 4) is 0 Å². The van der Waals surface area contributed by atoms with Crippen molar-refractivity contribution in [2.75, 3.05) is 18.1 Å². The van der Waals surface area contributed by atoms with Crippen LogP contribution >= 0.6 is 11.8 Å². The number of carboxylic acids is 1. The van der Waals surface area contributed by atoms with Crippen molar-refractivity contribution < 1.29 is 9.90 Å². The molecule has 3 nitrogen and oxygen atoms in total. The monoisotopic (exact) mass is 251 g/mol. The Kier molecular flexibility index (Phi) is 5.63. The second-order valence-corrected chi connectivity index (χ2v) is 4.32. The normalized spacial score (nSPS) is 10.7. The van der Waals surface area contributed by atoms with Crippen LogP contribution in [0, 0.1) is 0 Å². The van der Waals surface area contributed by atoms with Gasteiger partial charge in [-0.2, -0.15) is 0 Å². The zero-order valence-corrected chi connectivity index (χ0v) is 10.9. The molecule has 0 fully saturated rings. The van der Waals surface area contributed by atoms with Gasteiger partial charge in [0.1, 0.15) is 0 Å². The molecule has 1 rings (SSSR count). The standard InChI is InChI=1S/C13H17NO2S/c1-3-4-5-9-14-10-7-6-8-11(17-2)12(10)13(15)16/h3-4,6-8,14H,5,9H2,1-2H3,(H,15,16)/b4-3+. The van der Waals surface area contributed by atoms with Crippen LogP contribution in [-0.2, 0) is 0 Å². The summed E-state index contributed by atoms with van der Waals surface area (Å²) in [7, 11) is 0. The van der Waals surface area contributed by atoms with Gasteiger partial charge in [0.15, 0.2) is 0 Å². The lowest BCUT2D eigenvalue weighted by molar-refractivity contribution is 0.0694. The highest BCUT2D eigenvalue weighted by Gasteiger charge is 2.14. The smallest absolute Gasteiger partial charge is 0.338 e. The molecule has 0 aliphatic rings. The molecule has 0 radical (unpaired) electrons. The third-order valence-corrected chi connectivity index (χ3v) is 3.10. The molecular formula is C13H17NO2S. The molecule has 1 aromatic rings. The van der Waals surface area contributed by atoms with Crippen LogP contribution in [0.1, 0.15) is 23.7 Å². The molecule has 0 spiro atoms. The average molecular weight is 251 g/mol. The molecule has 92 valence electrons. The first-order valence-corrected chi connectivity index (χ1v) is 6.68. The molecule has 1 aromatic carbocycles. The lowest BCUT2D eigenvalue weighted by Gasteiger charge is -2.11. The first-order chi connectivity index (χ1) is 8.20. The number of benzene rings is 1. The molecule has 0 amide bonds. The number of thioether (sulfide) groups is 1. The summed E-state index contributed by atoms with van der Waals surface area (Å²) in [4.78, 5) is 12.0. The second kappa shape index (κ2) is 7.01. The third-order valence-electron chi connectivity index (χ3n) is 2.32.